The highest BCUT2D eigenvalue weighted by molar-refractivity contribution is 5.94. The molecule has 0 aliphatic heterocycles. The van der Waals surface area contributed by atoms with E-state index >= 15 is 0 Å². The van der Waals surface area contributed by atoms with Gasteiger partial charge >= 0.3 is 0 Å². The maximum Gasteiger partial charge on any atom is 0.159 e. The van der Waals surface area contributed by atoms with E-state index in [4.69, 9.17) is 0 Å². The molecule has 0 spiro atoms. The summed E-state index contributed by atoms with van der Waals surface area (Å²) in [5.74, 6) is 3.27. The van der Waals surface area contributed by atoms with Gasteiger partial charge in [-0.05, 0) is 73.2 Å². The molecule has 3 saturated carbocycles. The monoisotopic (exact) mass is 416 g/mol. The third kappa shape index (κ3) is 3.43. The van der Waals surface area contributed by atoms with Crippen LogP contribution in [0.4, 0.5) is 0 Å². The van der Waals surface area contributed by atoms with Crippen LogP contribution in [0.5, 0.6) is 0 Å². The molecule has 0 aromatic carbocycles. The van der Waals surface area contributed by atoms with Crippen molar-refractivity contribution in [3.63, 3.8) is 0 Å². The van der Waals surface area contributed by atoms with Crippen LogP contribution in [0.2, 0.25) is 0 Å². The SMILES string of the molecule is CC(C)CCC[C@@H](C)[C@H]1CC[C@H]2[C@@H]3C(=O)C=C4C[C@@H](O)C[C@H](O)[C@]4(C)[C@H]3CC[C@]12C. The Balaban J connectivity index is 1.57. The Morgan fingerprint density at radius 2 is 1.80 bits per heavy atom. The number of aliphatic hydroxyl groups is 2. The van der Waals surface area contributed by atoms with E-state index in [1.807, 2.05) is 6.08 Å². The molecule has 0 saturated heterocycles. The lowest BCUT2D eigenvalue weighted by molar-refractivity contribution is -0.143. The summed E-state index contributed by atoms with van der Waals surface area (Å²) in [5.41, 5.74) is 0.940. The molecule has 4 rings (SSSR count). The van der Waals surface area contributed by atoms with E-state index in [0.717, 1.165) is 29.7 Å². The van der Waals surface area contributed by atoms with Gasteiger partial charge in [0.1, 0.15) is 0 Å². The fraction of sp³-hybridized carbons (Fsp3) is 0.889. The van der Waals surface area contributed by atoms with Crippen molar-refractivity contribution in [2.45, 2.75) is 105 Å². The highest BCUT2D eigenvalue weighted by Crippen LogP contribution is 2.66. The van der Waals surface area contributed by atoms with Crippen LogP contribution in [0.25, 0.3) is 0 Å². The predicted octanol–water partition coefficient (Wildman–Crippen LogP) is 5.54. The van der Waals surface area contributed by atoms with Crippen molar-refractivity contribution in [2.75, 3.05) is 0 Å². The molecule has 0 aromatic heterocycles. The minimum absolute atomic E-state index is 0.0651. The Labute approximate surface area is 183 Å². The van der Waals surface area contributed by atoms with Crippen molar-refractivity contribution in [2.24, 2.45) is 46.3 Å². The molecule has 0 unspecified atom stereocenters. The number of rotatable bonds is 5. The minimum Gasteiger partial charge on any atom is -0.393 e. The predicted molar refractivity (Wildman–Crippen MR) is 121 cm³/mol. The van der Waals surface area contributed by atoms with Crippen LogP contribution in [-0.4, -0.2) is 28.2 Å². The van der Waals surface area contributed by atoms with Gasteiger partial charge in [-0.15, -0.1) is 0 Å². The zero-order valence-electron chi connectivity index (χ0n) is 19.9. The fourth-order valence-corrected chi connectivity index (χ4v) is 8.48. The van der Waals surface area contributed by atoms with E-state index in [1.165, 1.54) is 38.5 Å². The maximum absolute atomic E-state index is 13.4. The number of carbonyl (C=O) groups is 1. The smallest absolute Gasteiger partial charge is 0.159 e. The van der Waals surface area contributed by atoms with Gasteiger partial charge in [0, 0.05) is 17.8 Å². The number of allylic oxidation sites excluding steroid dienone is 1. The molecule has 9 atom stereocenters. The topological polar surface area (TPSA) is 57.5 Å². The van der Waals surface area contributed by atoms with E-state index in [9.17, 15) is 15.0 Å². The Morgan fingerprint density at radius 1 is 1.07 bits per heavy atom. The van der Waals surface area contributed by atoms with Gasteiger partial charge in [0.2, 0.25) is 0 Å². The zero-order chi connectivity index (χ0) is 21.8. The first-order valence-corrected chi connectivity index (χ1v) is 12.7. The van der Waals surface area contributed by atoms with Crippen molar-refractivity contribution in [3.05, 3.63) is 11.6 Å². The largest absolute Gasteiger partial charge is 0.393 e. The standard InChI is InChI=1S/C27H44O3/c1-16(2)7-6-8-17(3)20-9-10-21-25-22(11-12-26(20,21)4)27(5)18(14-23(25)29)13-19(28)15-24(27)30/h14,16-17,19-22,24-25,28,30H,6-13,15H2,1-5H3/t17-,19-,20-,21+,22+,24+,25+,26-,27+/m1/s1. The lowest BCUT2D eigenvalue weighted by Crippen LogP contribution is -2.58. The van der Waals surface area contributed by atoms with Crippen molar-refractivity contribution in [1.29, 1.82) is 0 Å². The summed E-state index contributed by atoms with van der Waals surface area (Å²) in [6.07, 6.45) is 10.4. The summed E-state index contributed by atoms with van der Waals surface area (Å²) in [5, 5.41) is 21.2. The minimum atomic E-state index is -0.537. The highest BCUT2D eigenvalue weighted by atomic mass is 16.3. The second kappa shape index (κ2) is 8.03. The summed E-state index contributed by atoms with van der Waals surface area (Å²) in [7, 11) is 0. The van der Waals surface area contributed by atoms with Gasteiger partial charge < -0.3 is 10.2 Å². The highest BCUT2D eigenvalue weighted by Gasteiger charge is 2.63. The first kappa shape index (κ1) is 22.5. The lowest BCUT2D eigenvalue weighted by atomic mass is 9.46. The van der Waals surface area contributed by atoms with Crippen LogP contribution in [0, 0.1) is 46.3 Å². The maximum atomic E-state index is 13.4. The molecule has 2 N–H and O–H groups in total. The molecule has 4 aliphatic rings. The van der Waals surface area contributed by atoms with Gasteiger partial charge in [-0.1, -0.05) is 59.5 Å². The second-order valence-corrected chi connectivity index (χ2v) is 12.2. The van der Waals surface area contributed by atoms with E-state index in [-0.39, 0.29) is 28.4 Å². The molecule has 0 bridgehead atoms. The van der Waals surface area contributed by atoms with E-state index in [2.05, 4.69) is 34.6 Å². The molecular formula is C27H44O3. The Kier molecular flexibility index (Phi) is 6.03. The summed E-state index contributed by atoms with van der Waals surface area (Å²) in [4.78, 5) is 13.4. The van der Waals surface area contributed by atoms with Crippen molar-refractivity contribution in [3.8, 4) is 0 Å². The molecule has 0 heterocycles. The van der Waals surface area contributed by atoms with Crippen LogP contribution in [-0.2, 0) is 4.79 Å². The average Bonchev–Trinajstić information content (AvgIpc) is 3.01. The quantitative estimate of drug-likeness (QED) is 0.619. The molecule has 3 fully saturated rings. The Morgan fingerprint density at radius 3 is 2.50 bits per heavy atom. The molecule has 0 amide bonds. The first-order valence-electron chi connectivity index (χ1n) is 12.7. The van der Waals surface area contributed by atoms with Crippen LogP contribution < -0.4 is 0 Å². The number of aliphatic hydroxyl groups excluding tert-OH is 2. The third-order valence-electron chi connectivity index (χ3n) is 10.2. The summed E-state index contributed by atoms with van der Waals surface area (Å²) < 4.78 is 0. The van der Waals surface area contributed by atoms with Crippen LogP contribution in [0.1, 0.15) is 92.4 Å². The molecule has 0 aromatic rings. The number of fused-ring (bicyclic) bond motifs is 5. The van der Waals surface area contributed by atoms with Gasteiger partial charge in [-0.3, -0.25) is 4.79 Å². The van der Waals surface area contributed by atoms with E-state index in [1.54, 1.807) is 0 Å². The van der Waals surface area contributed by atoms with Crippen molar-refractivity contribution >= 4 is 5.78 Å². The van der Waals surface area contributed by atoms with Crippen molar-refractivity contribution in [1.82, 2.24) is 0 Å². The molecule has 0 radical (unpaired) electrons. The lowest BCUT2D eigenvalue weighted by Gasteiger charge is -2.58. The molecule has 3 heteroatoms. The number of hydrogen-bond acceptors (Lipinski definition) is 3. The first-order chi connectivity index (χ1) is 14.1. The summed E-state index contributed by atoms with van der Waals surface area (Å²) in [6, 6.07) is 0. The fourth-order valence-electron chi connectivity index (χ4n) is 8.48. The van der Waals surface area contributed by atoms with Gasteiger partial charge in [0.15, 0.2) is 5.78 Å². The van der Waals surface area contributed by atoms with Gasteiger partial charge in [0.25, 0.3) is 0 Å². The third-order valence-corrected chi connectivity index (χ3v) is 10.2. The second-order valence-electron chi connectivity index (χ2n) is 12.2. The van der Waals surface area contributed by atoms with Gasteiger partial charge in [-0.25, -0.2) is 0 Å². The molecule has 3 nitrogen and oxygen atoms in total. The van der Waals surface area contributed by atoms with Crippen molar-refractivity contribution < 1.29 is 15.0 Å². The van der Waals surface area contributed by atoms with Crippen LogP contribution in [0.3, 0.4) is 0 Å². The molecule has 4 aliphatic carbocycles. The normalized spacial score (nSPS) is 46.8. The number of ketones is 1. The summed E-state index contributed by atoms with van der Waals surface area (Å²) in [6.45, 7) is 11.8. The zero-order valence-corrected chi connectivity index (χ0v) is 19.9. The Hall–Kier alpha value is -0.670. The number of hydrogen-bond donors (Lipinski definition) is 2. The van der Waals surface area contributed by atoms with Crippen LogP contribution >= 0.6 is 0 Å². The van der Waals surface area contributed by atoms with Crippen LogP contribution in [0.15, 0.2) is 11.6 Å². The van der Waals surface area contributed by atoms with E-state index in [0.29, 0.717) is 18.8 Å². The molecule has 30 heavy (non-hydrogen) atoms. The Bertz CT molecular complexity index is 696. The summed E-state index contributed by atoms with van der Waals surface area (Å²) >= 11 is 0. The van der Waals surface area contributed by atoms with Gasteiger partial charge in [-0.2, -0.15) is 0 Å². The van der Waals surface area contributed by atoms with Gasteiger partial charge in [0.05, 0.1) is 12.2 Å². The molecular weight excluding hydrogens is 372 g/mol. The van der Waals surface area contributed by atoms with E-state index < -0.39 is 12.2 Å². The number of carbonyl (C=O) groups excluding carboxylic acids is 1. The average molecular weight is 417 g/mol. The molecule has 170 valence electrons.